The summed E-state index contributed by atoms with van der Waals surface area (Å²) in [4.78, 5) is 12.6. The summed E-state index contributed by atoms with van der Waals surface area (Å²) in [6, 6.07) is 13.7. The number of carbonyl (C=O) groups excluding carboxylic acids is 1. The van der Waals surface area contributed by atoms with Gasteiger partial charge in [-0.25, -0.2) is 8.42 Å². The van der Waals surface area contributed by atoms with Gasteiger partial charge in [-0.3, -0.25) is 4.79 Å². The Labute approximate surface area is 131 Å². The lowest BCUT2D eigenvalue weighted by Crippen LogP contribution is -2.24. The minimum Gasteiger partial charge on any atom is -0.289 e. The molecule has 2 aromatic carbocycles. The number of carbonyl (C=O) groups is 1. The van der Waals surface area contributed by atoms with Crippen LogP contribution in [0.5, 0.6) is 0 Å². The molecule has 0 radical (unpaired) electrons. The first-order chi connectivity index (χ1) is 9.97. The molecule has 1 aliphatic rings. The standard InChI is InChI=1S/C16H11BrO3S/c17-13-7-5-11(6-8-13)9-12-10-21(19,20)15-4-2-1-3-14(15)16(12)18/h1-9H,10H2. The van der Waals surface area contributed by atoms with Crippen molar-refractivity contribution in [3.63, 3.8) is 0 Å². The maximum Gasteiger partial charge on any atom is 0.191 e. The Morgan fingerprint density at radius 3 is 2.38 bits per heavy atom. The molecule has 0 fully saturated rings. The van der Waals surface area contributed by atoms with Crippen molar-refractivity contribution in [1.82, 2.24) is 0 Å². The molecule has 0 unspecified atom stereocenters. The highest BCUT2D eigenvalue weighted by Crippen LogP contribution is 2.28. The average molecular weight is 363 g/mol. The van der Waals surface area contributed by atoms with Crippen LogP contribution in [-0.4, -0.2) is 20.0 Å². The molecule has 2 aromatic rings. The second kappa shape index (κ2) is 5.24. The normalized spacial score (nSPS) is 18.5. The maximum absolute atomic E-state index is 12.4. The van der Waals surface area contributed by atoms with Crippen molar-refractivity contribution in [3.05, 3.63) is 69.7 Å². The fourth-order valence-electron chi connectivity index (χ4n) is 2.31. The van der Waals surface area contributed by atoms with Gasteiger partial charge in [-0.05, 0) is 35.9 Å². The summed E-state index contributed by atoms with van der Waals surface area (Å²) < 4.78 is 25.5. The van der Waals surface area contributed by atoms with E-state index in [1.807, 2.05) is 24.3 Å². The topological polar surface area (TPSA) is 51.2 Å². The Hall–Kier alpha value is -1.72. The fourth-order valence-corrected chi connectivity index (χ4v) is 4.14. The fraction of sp³-hybridized carbons (Fsp3) is 0.0625. The van der Waals surface area contributed by atoms with E-state index in [4.69, 9.17) is 0 Å². The van der Waals surface area contributed by atoms with Crippen LogP contribution in [0.4, 0.5) is 0 Å². The van der Waals surface area contributed by atoms with Crippen LogP contribution >= 0.6 is 15.9 Å². The van der Waals surface area contributed by atoms with Gasteiger partial charge in [0.2, 0.25) is 0 Å². The van der Waals surface area contributed by atoms with Crippen molar-refractivity contribution in [1.29, 1.82) is 0 Å². The van der Waals surface area contributed by atoms with E-state index in [1.54, 1.807) is 24.3 Å². The van der Waals surface area contributed by atoms with E-state index in [9.17, 15) is 13.2 Å². The van der Waals surface area contributed by atoms with Gasteiger partial charge < -0.3 is 0 Å². The molecule has 0 N–H and O–H groups in total. The summed E-state index contributed by atoms with van der Waals surface area (Å²) in [6.45, 7) is 0. The van der Waals surface area contributed by atoms with E-state index < -0.39 is 9.84 Å². The number of hydrogen-bond acceptors (Lipinski definition) is 3. The van der Waals surface area contributed by atoms with Crippen molar-refractivity contribution >= 4 is 37.6 Å². The summed E-state index contributed by atoms with van der Waals surface area (Å²) in [6.07, 6.45) is 1.64. The zero-order valence-corrected chi connectivity index (χ0v) is 13.3. The van der Waals surface area contributed by atoms with Gasteiger partial charge in [0.1, 0.15) is 0 Å². The molecule has 1 aliphatic heterocycles. The molecule has 21 heavy (non-hydrogen) atoms. The van der Waals surface area contributed by atoms with Crippen LogP contribution in [0.2, 0.25) is 0 Å². The predicted molar refractivity (Wildman–Crippen MR) is 84.9 cm³/mol. The molecule has 0 saturated carbocycles. The van der Waals surface area contributed by atoms with E-state index in [2.05, 4.69) is 15.9 Å². The number of fused-ring (bicyclic) bond motifs is 1. The zero-order chi connectivity index (χ0) is 15.0. The second-order valence-corrected chi connectivity index (χ2v) is 7.68. The molecule has 106 valence electrons. The first-order valence-corrected chi connectivity index (χ1v) is 8.74. The summed E-state index contributed by atoms with van der Waals surface area (Å²) in [5, 5.41) is 0. The van der Waals surface area contributed by atoms with Crippen LogP contribution in [0, 0.1) is 0 Å². The molecular formula is C16H11BrO3S. The quantitative estimate of drug-likeness (QED) is 0.729. The van der Waals surface area contributed by atoms with Crippen molar-refractivity contribution < 1.29 is 13.2 Å². The van der Waals surface area contributed by atoms with Crippen molar-refractivity contribution in [2.75, 3.05) is 5.75 Å². The number of benzene rings is 2. The van der Waals surface area contributed by atoms with Gasteiger partial charge in [0.15, 0.2) is 15.6 Å². The van der Waals surface area contributed by atoms with Gasteiger partial charge in [-0.15, -0.1) is 0 Å². The minimum absolute atomic E-state index is 0.128. The first-order valence-electron chi connectivity index (χ1n) is 6.30. The highest BCUT2D eigenvalue weighted by molar-refractivity contribution is 9.10. The summed E-state index contributed by atoms with van der Waals surface area (Å²) in [5.41, 5.74) is 1.36. The van der Waals surface area contributed by atoms with Crippen molar-refractivity contribution in [3.8, 4) is 0 Å². The number of ketones is 1. The minimum atomic E-state index is -3.45. The highest BCUT2D eigenvalue weighted by atomic mass is 79.9. The van der Waals surface area contributed by atoms with E-state index in [-0.39, 0.29) is 22.0 Å². The van der Waals surface area contributed by atoms with Crippen LogP contribution < -0.4 is 0 Å². The van der Waals surface area contributed by atoms with Gasteiger partial charge in [0.25, 0.3) is 0 Å². The molecule has 0 bridgehead atoms. The Balaban J connectivity index is 2.11. The average Bonchev–Trinajstić information content (AvgIpc) is 2.47. The molecule has 0 aromatic heterocycles. The van der Waals surface area contributed by atoms with Gasteiger partial charge >= 0.3 is 0 Å². The van der Waals surface area contributed by atoms with Crippen LogP contribution in [0.1, 0.15) is 15.9 Å². The molecule has 3 nitrogen and oxygen atoms in total. The monoisotopic (exact) mass is 362 g/mol. The number of hydrogen-bond donors (Lipinski definition) is 0. The molecule has 1 heterocycles. The number of halogens is 1. The molecule has 0 saturated heterocycles. The largest absolute Gasteiger partial charge is 0.289 e. The van der Waals surface area contributed by atoms with Crippen LogP contribution in [-0.2, 0) is 9.84 Å². The Kier molecular flexibility index (Phi) is 3.55. The molecule has 0 amide bonds. The van der Waals surface area contributed by atoms with Gasteiger partial charge in [-0.1, -0.05) is 40.2 Å². The molecule has 5 heteroatoms. The molecular weight excluding hydrogens is 352 g/mol. The first kappa shape index (κ1) is 14.2. The third kappa shape index (κ3) is 2.71. The lowest BCUT2D eigenvalue weighted by Gasteiger charge is -2.17. The summed E-state index contributed by atoms with van der Waals surface area (Å²) in [7, 11) is -3.45. The number of sulfone groups is 1. The van der Waals surface area contributed by atoms with Crippen molar-refractivity contribution in [2.45, 2.75) is 4.90 Å². The van der Waals surface area contributed by atoms with E-state index in [0.717, 1.165) is 10.0 Å². The van der Waals surface area contributed by atoms with Gasteiger partial charge in [0.05, 0.1) is 10.6 Å². The lowest BCUT2D eigenvalue weighted by atomic mass is 10.0. The molecule has 0 aliphatic carbocycles. The van der Waals surface area contributed by atoms with E-state index in [1.165, 1.54) is 6.07 Å². The summed E-state index contributed by atoms with van der Waals surface area (Å²) in [5.74, 6) is -0.470. The second-order valence-electron chi connectivity index (χ2n) is 4.81. The van der Waals surface area contributed by atoms with Gasteiger partial charge in [-0.2, -0.15) is 0 Å². The Morgan fingerprint density at radius 1 is 1.00 bits per heavy atom. The molecule has 3 rings (SSSR count). The maximum atomic E-state index is 12.4. The molecule has 0 atom stereocenters. The third-order valence-corrected chi connectivity index (χ3v) is 5.56. The third-order valence-electron chi connectivity index (χ3n) is 3.31. The Morgan fingerprint density at radius 2 is 1.67 bits per heavy atom. The van der Waals surface area contributed by atoms with E-state index >= 15 is 0 Å². The smallest absolute Gasteiger partial charge is 0.191 e. The predicted octanol–water partition coefficient (Wildman–Crippen LogP) is 3.50. The van der Waals surface area contributed by atoms with Crippen LogP contribution in [0.15, 0.2) is 63.5 Å². The highest BCUT2D eigenvalue weighted by Gasteiger charge is 2.32. The van der Waals surface area contributed by atoms with E-state index in [0.29, 0.717) is 5.57 Å². The Bertz CT molecular complexity index is 849. The summed E-state index contributed by atoms with van der Waals surface area (Å²) >= 11 is 3.34. The molecule has 0 spiro atoms. The number of rotatable bonds is 1. The van der Waals surface area contributed by atoms with Crippen LogP contribution in [0.25, 0.3) is 6.08 Å². The zero-order valence-electron chi connectivity index (χ0n) is 10.9. The van der Waals surface area contributed by atoms with Crippen molar-refractivity contribution in [2.24, 2.45) is 0 Å². The SMILES string of the molecule is O=C1C(=Cc2ccc(Br)cc2)CS(=O)(=O)c2ccccc21. The lowest BCUT2D eigenvalue weighted by molar-refractivity contribution is 0.103. The van der Waals surface area contributed by atoms with Crippen LogP contribution in [0.3, 0.4) is 0 Å². The number of Topliss-reactive ketones (excluding diaryl/α,β-unsaturated/α-hetero) is 1. The van der Waals surface area contributed by atoms with Gasteiger partial charge in [0, 0.05) is 15.6 Å².